The average Bonchev–Trinajstić information content (AvgIpc) is 3.12. The van der Waals surface area contributed by atoms with Crippen LogP contribution in [-0.2, 0) is 9.59 Å². The summed E-state index contributed by atoms with van der Waals surface area (Å²) in [7, 11) is 1.30. The van der Waals surface area contributed by atoms with Gasteiger partial charge in [0, 0.05) is 22.7 Å². The third kappa shape index (κ3) is 3.28. The van der Waals surface area contributed by atoms with Gasteiger partial charge in [-0.15, -0.1) is 0 Å². The minimum absolute atomic E-state index is 0.0600. The molecule has 7 nitrogen and oxygen atoms in total. The molecule has 2 amide bonds. The molecule has 140 valence electrons. The van der Waals surface area contributed by atoms with Crippen LogP contribution in [0.15, 0.2) is 55.9 Å². The summed E-state index contributed by atoms with van der Waals surface area (Å²) in [5.41, 5.74) is 0.760. The minimum Gasteiger partial charge on any atom is -0.478 e. The van der Waals surface area contributed by atoms with E-state index in [4.69, 9.17) is 4.42 Å². The van der Waals surface area contributed by atoms with Crippen LogP contribution in [-0.4, -0.2) is 34.8 Å². The van der Waals surface area contributed by atoms with Crippen molar-refractivity contribution in [2.45, 2.75) is 6.92 Å². The zero-order valence-electron chi connectivity index (χ0n) is 14.8. The SMILES string of the molecule is CC1=C(C#N)C(=O)N(C)C(=O)/C1=C\c1ccc(-c2ccc(Br)cc2C(=O)O)o1. The Labute approximate surface area is 168 Å². The molecule has 0 unspecified atom stereocenters. The molecule has 0 radical (unpaired) electrons. The second-order valence-corrected chi connectivity index (χ2v) is 6.95. The lowest BCUT2D eigenvalue weighted by atomic mass is 9.95. The number of nitriles is 1. The fourth-order valence-electron chi connectivity index (χ4n) is 2.82. The molecule has 0 saturated heterocycles. The number of benzene rings is 1. The van der Waals surface area contributed by atoms with Crippen LogP contribution in [0.1, 0.15) is 23.0 Å². The fourth-order valence-corrected chi connectivity index (χ4v) is 3.18. The highest BCUT2D eigenvalue weighted by molar-refractivity contribution is 9.10. The van der Waals surface area contributed by atoms with Gasteiger partial charge in [0.15, 0.2) is 0 Å². The maximum atomic E-state index is 12.4. The van der Waals surface area contributed by atoms with Gasteiger partial charge in [0.1, 0.15) is 23.2 Å². The van der Waals surface area contributed by atoms with E-state index >= 15 is 0 Å². The Kier molecular flexibility index (Phi) is 5.03. The number of hydrogen-bond acceptors (Lipinski definition) is 5. The summed E-state index contributed by atoms with van der Waals surface area (Å²) in [6, 6.07) is 9.77. The van der Waals surface area contributed by atoms with Crippen LogP contribution in [0.3, 0.4) is 0 Å². The van der Waals surface area contributed by atoms with Crippen LogP contribution in [0, 0.1) is 11.3 Å². The van der Waals surface area contributed by atoms with Gasteiger partial charge in [0.2, 0.25) is 0 Å². The monoisotopic (exact) mass is 440 g/mol. The van der Waals surface area contributed by atoms with E-state index in [0.717, 1.165) is 4.90 Å². The van der Waals surface area contributed by atoms with Gasteiger partial charge in [-0.3, -0.25) is 14.5 Å². The molecule has 0 aliphatic carbocycles. The fraction of sp³-hybridized carbons (Fsp3) is 0.100. The lowest BCUT2D eigenvalue weighted by molar-refractivity contribution is -0.138. The highest BCUT2D eigenvalue weighted by atomic mass is 79.9. The van der Waals surface area contributed by atoms with Crippen molar-refractivity contribution in [1.29, 1.82) is 5.26 Å². The van der Waals surface area contributed by atoms with Crippen LogP contribution in [0.2, 0.25) is 0 Å². The Balaban J connectivity index is 2.08. The van der Waals surface area contributed by atoms with Gasteiger partial charge < -0.3 is 9.52 Å². The Hall–Kier alpha value is -3.44. The van der Waals surface area contributed by atoms with Gasteiger partial charge in [-0.05, 0) is 48.9 Å². The number of aromatic carboxylic acids is 1. The number of nitrogens with zero attached hydrogens (tertiary/aromatic N) is 2. The number of carboxylic acid groups (broad SMARTS) is 1. The van der Waals surface area contributed by atoms with E-state index in [1.54, 1.807) is 24.3 Å². The van der Waals surface area contributed by atoms with Crippen molar-refractivity contribution in [2.75, 3.05) is 7.05 Å². The molecule has 0 saturated carbocycles. The number of halogens is 1. The first-order chi connectivity index (χ1) is 13.2. The van der Waals surface area contributed by atoms with Crippen molar-refractivity contribution in [1.82, 2.24) is 4.90 Å². The molecule has 8 heteroatoms. The van der Waals surface area contributed by atoms with E-state index in [1.165, 1.54) is 26.1 Å². The number of furan rings is 1. The van der Waals surface area contributed by atoms with Crippen LogP contribution in [0.5, 0.6) is 0 Å². The van der Waals surface area contributed by atoms with Crippen molar-refractivity contribution < 1.29 is 23.9 Å². The molecule has 3 rings (SSSR count). The van der Waals surface area contributed by atoms with Gasteiger partial charge >= 0.3 is 5.97 Å². The molecule has 1 N–H and O–H groups in total. The first kappa shape index (κ1) is 19.3. The molecule has 1 aromatic carbocycles. The standard InChI is InChI=1S/C20H13BrN2O5/c1-10-14(18(24)23(2)19(25)16(10)9-22)8-12-4-6-17(28-12)13-5-3-11(21)7-15(13)20(26)27/h3-8H,1-2H3,(H,26,27)/b14-8-. The summed E-state index contributed by atoms with van der Waals surface area (Å²) in [6.07, 6.45) is 1.43. The molecular formula is C20H13BrN2O5. The number of carboxylic acids is 1. The summed E-state index contributed by atoms with van der Waals surface area (Å²) >= 11 is 3.24. The van der Waals surface area contributed by atoms with Crippen molar-refractivity contribution >= 4 is 39.8 Å². The highest BCUT2D eigenvalue weighted by Gasteiger charge is 2.33. The zero-order valence-corrected chi connectivity index (χ0v) is 16.4. The number of carbonyl (C=O) groups is 3. The van der Waals surface area contributed by atoms with Crippen molar-refractivity contribution in [2.24, 2.45) is 0 Å². The van der Waals surface area contributed by atoms with Crippen LogP contribution in [0.25, 0.3) is 17.4 Å². The van der Waals surface area contributed by atoms with E-state index in [-0.39, 0.29) is 28.0 Å². The largest absolute Gasteiger partial charge is 0.478 e. The van der Waals surface area contributed by atoms with Gasteiger partial charge in [0.25, 0.3) is 11.8 Å². The predicted molar refractivity (Wildman–Crippen MR) is 103 cm³/mol. The third-order valence-electron chi connectivity index (χ3n) is 4.34. The Morgan fingerprint density at radius 1 is 1.25 bits per heavy atom. The molecule has 2 heterocycles. The third-order valence-corrected chi connectivity index (χ3v) is 4.83. The summed E-state index contributed by atoms with van der Waals surface area (Å²) in [6.45, 7) is 1.52. The van der Waals surface area contributed by atoms with Crippen molar-refractivity contribution in [3.63, 3.8) is 0 Å². The Bertz CT molecular complexity index is 1130. The van der Waals surface area contributed by atoms with Crippen molar-refractivity contribution in [3.8, 4) is 17.4 Å². The maximum absolute atomic E-state index is 12.4. The van der Waals surface area contributed by atoms with Crippen LogP contribution < -0.4 is 0 Å². The van der Waals surface area contributed by atoms with Gasteiger partial charge in [0.05, 0.1) is 5.56 Å². The number of hydrogen-bond donors (Lipinski definition) is 1. The summed E-state index contributed by atoms with van der Waals surface area (Å²) in [5.74, 6) is -1.70. The van der Waals surface area contributed by atoms with Crippen LogP contribution in [0.4, 0.5) is 0 Å². The quantitative estimate of drug-likeness (QED) is 0.575. The molecule has 2 aromatic rings. The molecule has 0 spiro atoms. The maximum Gasteiger partial charge on any atom is 0.336 e. The normalized spacial score (nSPS) is 15.9. The molecular weight excluding hydrogens is 428 g/mol. The number of likely N-dealkylation sites (N-methyl/N-ethyl adjacent to an activating group) is 1. The van der Waals surface area contributed by atoms with Gasteiger partial charge in [-0.1, -0.05) is 15.9 Å². The zero-order chi connectivity index (χ0) is 20.6. The van der Waals surface area contributed by atoms with E-state index in [2.05, 4.69) is 15.9 Å². The summed E-state index contributed by atoms with van der Waals surface area (Å²) < 4.78 is 6.33. The molecule has 1 aliphatic rings. The molecule has 0 bridgehead atoms. The average molecular weight is 441 g/mol. The number of rotatable bonds is 3. The predicted octanol–water partition coefficient (Wildman–Crippen LogP) is 3.63. The smallest absolute Gasteiger partial charge is 0.336 e. The van der Waals surface area contributed by atoms with E-state index in [1.807, 2.05) is 6.07 Å². The van der Waals surface area contributed by atoms with Gasteiger partial charge in [-0.2, -0.15) is 5.26 Å². The topological polar surface area (TPSA) is 112 Å². The van der Waals surface area contributed by atoms with Crippen LogP contribution >= 0.6 is 15.9 Å². The van der Waals surface area contributed by atoms with Crippen molar-refractivity contribution in [3.05, 3.63) is 62.8 Å². The number of carbonyl (C=O) groups excluding carboxylic acids is 2. The lowest BCUT2D eigenvalue weighted by Crippen LogP contribution is -2.39. The summed E-state index contributed by atoms with van der Waals surface area (Å²) in [5, 5.41) is 18.6. The number of amides is 2. The first-order valence-corrected chi connectivity index (χ1v) is 8.82. The Morgan fingerprint density at radius 3 is 2.61 bits per heavy atom. The molecule has 1 aromatic heterocycles. The Morgan fingerprint density at radius 2 is 1.96 bits per heavy atom. The highest BCUT2D eigenvalue weighted by Crippen LogP contribution is 2.31. The van der Waals surface area contributed by atoms with E-state index in [9.17, 15) is 24.8 Å². The van der Waals surface area contributed by atoms with Gasteiger partial charge in [-0.25, -0.2) is 4.79 Å². The molecule has 1 aliphatic heterocycles. The summed E-state index contributed by atoms with van der Waals surface area (Å²) in [4.78, 5) is 36.8. The second kappa shape index (κ2) is 7.29. The molecule has 0 atom stereocenters. The molecule has 28 heavy (non-hydrogen) atoms. The van der Waals surface area contributed by atoms with E-state index in [0.29, 0.717) is 15.8 Å². The lowest BCUT2D eigenvalue weighted by Gasteiger charge is -2.23. The number of imide groups is 1. The minimum atomic E-state index is -1.10. The molecule has 0 fully saturated rings. The second-order valence-electron chi connectivity index (χ2n) is 6.04. The van der Waals surface area contributed by atoms with E-state index < -0.39 is 17.8 Å². The first-order valence-electron chi connectivity index (χ1n) is 8.03.